The van der Waals surface area contributed by atoms with Gasteiger partial charge in [-0.2, -0.15) is 0 Å². The molecular weight excluding hydrogens is 348 g/mol. The number of rotatable bonds is 6. The van der Waals surface area contributed by atoms with Crippen LogP contribution in [-0.2, 0) is 10.0 Å². The predicted octanol–water partition coefficient (Wildman–Crippen LogP) is 3.86. The van der Waals surface area contributed by atoms with Gasteiger partial charge in [-0.25, -0.2) is 8.42 Å². The van der Waals surface area contributed by atoms with Crippen molar-refractivity contribution in [3.63, 3.8) is 0 Å². The third-order valence-corrected chi connectivity index (χ3v) is 5.56. The molecule has 5 nitrogen and oxygen atoms in total. The average Bonchev–Trinajstić information content (AvgIpc) is 2.56. The zero-order chi connectivity index (χ0) is 19.5. The van der Waals surface area contributed by atoms with Crippen molar-refractivity contribution < 1.29 is 13.2 Å². The molecule has 0 radical (unpaired) electrons. The van der Waals surface area contributed by atoms with Crippen molar-refractivity contribution in [2.24, 2.45) is 0 Å². The predicted molar refractivity (Wildman–Crippen MR) is 105 cm³/mol. The second-order valence-electron chi connectivity index (χ2n) is 6.61. The summed E-state index contributed by atoms with van der Waals surface area (Å²) >= 11 is 0. The molecule has 140 valence electrons. The number of benzene rings is 2. The van der Waals surface area contributed by atoms with Crippen LogP contribution in [-0.4, -0.2) is 20.9 Å². The number of amides is 1. The molecule has 6 heteroatoms. The lowest BCUT2D eigenvalue weighted by Gasteiger charge is -2.15. The summed E-state index contributed by atoms with van der Waals surface area (Å²) in [4.78, 5) is 12.4. The molecule has 0 saturated heterocycles. The summed E-state index contributed by atoms with van der Waals surface area (Å²) in [6, 6.07) is 8.48. The number of sulfonamides is 1. The number of hydrogen-bond acceptors (Lipinski definition) is 3. The Morgan fingerprint density at radius 3 is 2.15 bits per heavy atom. The number of nitrogens with one attached hydrogen (secondary N) is 2. The zero-order valence-electron chi connectivity index (χ0n) is 15.9. The van der Waals surface area contributed by atoms with E-state index in [2.05, 4.69) is 10.0 Å². The lowest BCUT2D eigenvalue weighted by molar-refractivity contribution is 0.0953. The highest BCUT2D eigenvalue weighted by Crippen LogP contribution is 2.26. The van der Waals surface area contributed by atoms with Crippen LogP contribution in [0.1, 0.15) is 46.0 Å². The van der Waals surface area contributed by atoms with E-state index in [9.17, 15) is 13.2 Å². The number of anilines is 1. The zero-order valence-corrected chi connectivity index (χ0v) is 16.8. The first-order chi connectivity index (χ1) is 12.2. The Balaban J connectivity index is 2.40. The Labute approximate surface area is 155 Å². The first-order valence-electron chi connectivity index (χ1n) is 8.65. The molecule has 0 heterocycles. The van der Waals surface area contributed by atoms with E-state index >= 15 is 0 Å². The first-order valence-corrected chi connectivity index (χ1v) is 10.1. The van der Waals surface area contributed by atoms with Crippen LogP contribution < -0.4 is 10.0 Å². The van der Waals surface area contributed by atoms with Crippen LogP contribution in [0.4, 0.5) is 5.69 Å². The summed E-state index contributed by atoms with van der Waals surface area (Å²) in [6.45, 7) is 10.0. The standard InChI is InChI=1S/C20H26N2O3S/c1-6-9-21-20(23)18-12-17(8-7-14(18)3)26(24,25)22-19-15(4)10-13(2)11-16(19)5/h7-8,10-12,22H,6,9H2,1-5H3,(H,21,23). The lowest BCUT2D eigenvalue weighted by Crippen LogP contribution is -2.25. The molecule has 0 spiro atoms. The normalized spacial score (nSPS) is 11.3. The highest BCUT2D eigenvalue weighted by atomic mass is 32.2. The number of hydrogen-bond donors (Lipinski definition) is 2. The number of carbonyl (C=O) groups excluding carboxylic acids is 1. The molecular formula is C20H26N2O3S. The van der Waals surface area contributed by atoms with E-state index in [4.69, 9.17) is 0 Å². The van der Waals surface area contributed by atoms with Crippen molar-refractivity contribution in [1.82, 2.24) is 5.32 Å². The Hall–Kier alpha value is -2.34. The van der Waals surface area contributed by atoms with Gasteiger partial charge in [0.05, 0.1) is 10.6 Å². The van der Waals surface area contributed by atoms with E-state index in [-0.39, 0.29) is 10.8 Å². The van der Waals surface area contributed by atoms with Crippen LogP contribution in [0.3, 0.4) is 0 Å². The summed E-state index contributed by atoms with van der Waals surface area (Å²) in [7, 11) is -3.79. The van der Waals surface area contributed by atoms with E-state index in [1.807, 2.05) is 39.8 Å². The van der Waals surface area contributed by atoms with Gasteiger partial charge in [0.15, 0.2) is 0 Å². The summed E-state index contributed by atoms with van der Waals surface area (Å²) in [5, 5.41) is 2.79. The minimum absolute atomic E-state index is 0.0733. The van der Waals surface area contributed by atoms with Crippen LogP contribution >= 0.6 is 0 Å². The molecule has 0 aromatic heterocycles. The van der Waals surface area contributed by atoms with E-state index in [0.717, 1.165) is 28.7 Å². The van der Waals surface area contributed by atoms with Gasteiger partial charge >= 0.3 is 0 Å². The van der Waals surface area contributed by atoms with E-state index in [1.165, 1.54) is 12.1 Å². The molecule has 2 aromatic carbocycles. The topological polar surface area (TPSA) is 75.3 Å². The molecule has 0 aliphatic heterocycles. The Morgan fingerprint density at radius 1 is 0.962 bits per heavy atom. The molecule has 2 aromatic rings. The minimum Gasteiger partial charge on any atom is -0.352 e. The summed E-state index contributed by atoms with van der Waals surface area (Å²) in [5.41, 5.74) is 4.48. The van der Waals surface area contributed by atoms with Gasteiger partial charge in [0.25, 0.3) is 15.9 Å². The molecule has 2 rings (SSSR count). The lowest BCUT2D eigenvalue weighted by atomic mass is 10.1. The minimum atomic E-state index is -3.79. The van der Waals surface area contributed by atoms with Crippen LogP contribution in [0.5, 0.6) is 0 Å². The molecule has 0 bridgehead atoms. The Morgan fingerprint density at radius 2 is 1.58 bits per heavy atom. The van der Waals surface area contributed by atoms with Crippen molar-refractivity contribution in [1.29, 1.82) is 0 Å². The molecule has 0 aliphatic carbocycles. The number of aryl methyl sites for hydroxylation is 4. The highest BCUT2D eigenvalue weighted by molar-refractivity contribution is 7.92. The van der Waals surface area contributed by atoms with E-state index in [0.29, 0.717) is 17.8 Å². The van der Waals surface area contributed by atoms with Gasteiger partial charge in [-0.15, -0.1) is 0 Å². The Bertz CT molecular complexity index is 911. The smallest absolute Gasteiger partial charge is 0.261 e. The van der Waals surface area contributed by atoms with Crippen LogP contribution in [0.2, 0.25) is 0 Å². The molecule has 0 unspecified atom stereocenters. The summed E-state index contributed by atoms with van der Waals surface area (Å²) in [6.07, 6.45) is 0.816. The van der Waals surface area contributed by atoms with Gasteiger partial charge in [-0.1, -0.05) is 30.7 Å². The largest absolute Gasteiger partial charge is 0.352 e. The fourth-order valence-electron chi connectivity index (χ4n) is 2.88. The van der Waals surface area contributed by atoms with Crippen molar-refractivity contribution in [2.75, 3.05) is 11.3 Å². The van der Waals surface area contributed by atoms with Crippen LogP contribution in [0.25, 0.3) is 0 Å². The first kappa shape index (κ1) is 20.0. The third-order valence-electron chi connectivity index (χ3n) is 4.21. The van der Waals surface area contributed by atoms with Gasteiger partial charge in [0.2, 0.25) is 0 Å². The van der Waals surface area contributed by atoms with Gasteiger partial charge in [0.1, 0.15) is 0 Å². The summed E-state index contributed by atoms with van der Waals surface area (Å²) < 4.78 is 28.4. The van der Waals surface area contributed by atoms with Crippen LogP contribution in [0, 0.1) is 27.7 Å². The van der Waals surface area contributed by atoms with Crippen molar-refractivity contribution in [2.45, 2.75) is 45.9 Å². The Kier molecular flexibility index (Phi) is 6.08. The molecule has 0 saturated carbocycles. The molecule has 26 heavy (non-hydrogen) atoms. The van der Waals surface area contributed by atoms with Gasteiger partial charge in [-0.3, -0.25) is 9.52 Å². The SMILES string of the molecule is CCCNC(=O)c1cc(S(=O)(=O)Nc2c(C)cc(C)cc2C)ccc1C. The maximum absolute atomic E-state index is 12.8. The molecule has 2 N–H and O–H groups in total. The number of carbonyl (C=O) groups is 1. The van der Waals surface area contributed by atoms with Gasteiger partial charge < -0.3 is 5.32 Å². The van der Waals surface area contributed by atoms with E-state index < -0.39 is 10.0 Å². The van der Waals surface area contributed by atoms with E-state index in [1.54, 1.807) is 13.0 Å². The summed E-state index contributed by atoms with van der Waals surface area (Å²) in [5.74, 6) is -0.260. The maximum Gasteiger partial charge on any atom is 0.261 e. The third kappa shape index (κ3) is 4.43. The second-order valence-corrected chi connectivity index (χ2v) is 8.29. The van der Waals surface area contributed by atoms with Crippen molar-refractivity contribution >= 4 is 21.6 Å². The fraction of sp³-hybridized carbons (Fsp3) is 0.350. The van der Waals surface area contributed by atoms with Crippen molar-refractivity contribution in [3.8, 4) is 0 Å². The second kappa shape index (κ2) is 7.91. The van der Waals surface area contributed by atoms with Gasteiger partial charge in [-0.05, 0) is 62.9 Å². The van der Waals surface area contributed by atoms with Crippen LogP contribution in [0.15, 0.2) is 35.2 Å². The molecule has 0 aliphatic rings. The quantitative estimate of drug-likeness (QED) is 0.806. The molecule has 0 fully saturated rings. The fourth-order valence-corrected chi connectivity index (χ4v) is 4.11. The van der Waals surface area contributed by atoms with Gasteiger partial charge in [0, 0.05) is 12.1 Å². The average molecular weight is 375 g/mol. The molecule has 1 amide bonds. The highest BCUT2D eigenvalue weighted by Gasteiger charge is 2.19. The van der Waals surface area contributed by atoms with Crippen molar-refractivity contribution in [3.05, 3.63) is 58.1 Å². The molecule has 0 atom stereocenters. The monoisotopic (exact) mass is 374 g/mol. The maximum atomic E-state index is 12.8.